The summed E-state index contributed by atoms with van der Waals surface area (Å²) in [6, 6.07) is 17.5. The summed E-state index contributed by atoms with van der Waals surface area (Å²) in [5, 5.41) is 3.54. The summed E-state index contributed by atoms with van der Waals surface area (Å²) in [6.07, 6.45) is 0. The molecule has 0 amide bonds. The summed E-state index contributed by atoms with van der Waals surface area (Å²) in [7, 11) is 0. The molecule has 2 nitrogen and oxygen atoms in total. The van der Waals surface area contributed by atoms with Crippen LogP contribution in [0, 0.1) is 6.92 Å². The molecular weight excluding hydrogens is 220 g/mol. The Morgan fingerprint density at radius 3 is 2.44 bits per heavy atom. The van der Waals surface area contributed by atoms with Crippen molar-refractivity contribution >= 4 is 17.1 Å². The van der Waals surface area contributed by atoms with Gasteiger partial charge in [0.05, 0.1) is 11.4 Å². The zero-order valence-corrected chi connectivity index (χ0v) is 10.9. The monoisotopic (exact) mass is 238 g/mol. The number of anilines is 3. The van der Waals surface area contributed by atoms with Crippen LogP contribution in [0.4, 0.5) is 17.1 Å². The molecule has 0 unspecified atom stereocenters. The van der Waals surface area contributed by atoms with Crippen molar-refractivity contribution in [3.63, 3.8) is 0 Å². The highest BCUT2D eigenvalue weighted by atomic mass is 15.2. The smallest absolute Gasteiger partial charge is 0.0647 e. The van der Waals surface area contributed by atoms with Gasteiger partial charge in [-0.2, -0.15) is 0 Å². The minimum atomic E-state index is 0.458. The average Bonchev–Trinajstić information content (AvgIpc) is 2.38. The number of aryl methyl sites for hydroxylation is 1. The second kappa shape index (κ2) is 4.37. The third-order valence-electron chi connectivity index (χ3n) is 3.46. The summed E-state index contributed by atoms with van der Waals surface area (Å²) in [6.45, 7) is 5.40. The Labute approximate surface area is 108 Å². The molecule has 1 atom stereocenters. The van der Waals surface area contributed by atoms with Gasteiger partial charge in [-0.15, -0.1) is 0 Å². The van der Waals surface area contributed by atoms with Crippen LogP contribution >= 0.6 is 0 Å². The quantitative estimate of drug-likeness (QED) is 0.809. The van der Waals surface area contributed by atoms with Gasteiger partial charge in [0.2, 0.25) is 0 Å². The lowest BCUT2D eigenvalue weighted by Gasteiger charge is -2.36. The summed E-state index contributed by atoms with van der Waals surface area (Å²) in [4.78, 5) is 2.41. The summed E-state index contributed by atoms with van der Waals surface area (Å²) < 4.78 is 0. The lowest BCUT2D eigenvalue weighted by Crippen LogP contribution is -2.37. The highest BCUT2D eigenvalue weighted by molar-refractivity contribution is 5.79. The van der Waals surface area contributed by atoms with Crippen molar-refractivity contribution < 1.29 is 0 Å². The first-order valence-electron chi connectivity index (χ1n) is 6.44. The maximum atomic E-state index is 3.54. The van der Waals surface area contributed by atoms with Crippen molar-refractivity contribution in [3.8, 4) is 0 Å². The lowest BCUT2D eigenvalue weighted by molar-refractivity contribution is 0.757. The number of rotatable bonds is 1. The van der Waals surface area contributed by atoms with Crippen molar-refractivity contribution in [2.45, 2.75) is 19.9 Å². The Bertz CT molecular complexity index is 563. The van der Waals surface area contributed by atoms with E-state index < -0.39 is 0 Å². The van der Waals surface area contributed by atoms with E-state index >= 15 is 0 Å². The molecule has 0 spiro atoms. The largest absolute Gasteiger partial charge is 0.379 e. The van der Waals surface area contributed by atoms with Crippen molar-refractivity contribution in [1.82, 2.24) is 0 Å². The molecule has 1 aliphatic heterocycles. The fourth-order valence-corrected chi connectivity index (χ4v) is 2.61. The van der Waals surface area contributed by atoms with Gasteiger partial charge < -0.3 is 10.2 Å². The van der Waals surface area contributed by atoms with Gasteiger partial charge in [-0.05, 0) is 37.6 Å². The van der Waals surface area contributed by atoms with Gasteiger partial charge >= 0.3 is 0 Å². The Kier molecular flexibility index (Phi) is 2.71. The minimum absolute atomic E-state index is 0.458. The van der Waals surface area contributed by atoms with Crippen LogP contribution in [0.1, 0.15) is 12.5 Å². The molecular formula is C16H18N2. The molecule has 0 bridgehead atoms. The second-order valence-corrected chi connectivity index (χ2v) is 4.96. The maximum absolute atomic E-state index is 3.54. The Morgan fingerprint density at radius 1 is 1.00 bits per heavy atom. The predicted octanol–water partition coefficient (Wildman–Crippen LogP) is 3.95. The van der Waals surface area contributed by atoms with E-state index in [4.69, 9.17) is 0 Å². The van der Waals surface area contributed by atoms with Crippen LogP contribution in [0.15, 0.2) is 48.5 Å². The van der Waals surface area contributed by atoms with Crippen LogP contribution in [0.5, 0.6) is 0 Å². The topological polar surface area (TPSA) is 15.3 Å². The molecule has 0 radical (unpaired) electrons. The van der Waals surface area contributed by atoms with Gasteiger partial charge in [-0.25, -0.2) is 0 Å². The third-order valence-corrected chi connectivity index (χ3v) is 3.46. The number of fused-ring (bicyclic) bond motifs is 1. The van der Waals surface area contributed by atoms with E-state index in [-0.39, 0.29) is 0 Å². The Morgan fingerprint density at radius 2 is 1.67 bits per heavy atom. The standard InChI is InChI=1S/C16H18N2/c1-12-7-3-5-9-15(12)18-11-13(2)17-14-8-4-6-10-16(14)18/h3-10,13,17H,11H2,1-2H3/t13-/m1/s1. The van der Waals surface area contributed by atoms with Gasteiger partial charge in [0, 0.05) is 18.3 Å². The molecule has 92 valence electrons. The number of benzene rings is 2. The molecule has 0 fully saturated rings. The molecule has 0 aromatic heterocycles. The number of nitrogens with one attached hydrogen (secondary N) is 1. The molecule has 1 N–H and O–H groups in total. The van der Waals surface area contributed by atoms with Crippen LogP contribution in [0.2, 0.25) is 0 Å². The third kappa shape index (κ3) is 1.84. The number of hydrogen-bond acceptors (Lipinski definition) is 2. The first-order chi connectivity index (χ1) is 8.75. The summed E-state index contributed by atoms with van der Waals surface area (Å²) in [5.41, 5.74) is 5.11. The highest BCUT2D eigenvalue weighted by Crippen LogP contribution is 2.37. The highest BCUT2D eigenvalue weighted by Gasteiger charge is 2.22. The van der Waals surface area contributed by atoms with Crippen molar-refractivity contribution in [2.24, 2.45) is 0 Å². The van der Waals surface area contributed by atoms with Gasteiger partial charge in [-0.3, -0.25) is 0 Å². The second-order valence-electron chi connectivity index (χ2n) is 4.96. The normalized spacial score (nSPS) is 18.1. The van der Waals surface area contributed by atoms with Crippen molar-refractivity contribution in [1.29, 1.82) is 0 Å². The number of nitrogens with zero attached hydrogens (tertiary/aromatic N) is 1. The van der Waals surface area contributed by atoms with Crippen LogP contribution in [-0.2, 0) is 0 Å². The molecule has 2 aromatic carbocycles. The van der Waals surface area contributed by atoms with Gasteiger partial charge in [0.15, 0.2) is 0 Å². The average molecular weight is 238 g/mol. The van der Waals surface area contributed by atoms with Crippen LogP contribution in [0.25, 0.3) is 0 Å². The minimum Gasteiger partial charge on any atom is -0.379 e. The van der Waals surface area contributed by atoms with E-state index in [1.165, 1.54) is 22.6 Å². The van der Waals surface area contributed by atoms with E-state index in [1.807, 2.05) is 0 Å². The van der Waals surface area contributed by atoms with Crippen LogP contribution in [0.3, 0.4) is 0 Å². The number of para-hydroxylation sites is 3. The molecule has 3 rings (SSSR count). The lowest BCUT2D eigenvalue weighted by atomic mass is 10.1. The van der Waals surface area contributed by atoms with Gasteiger partial charge in [-0.1, -0.05) is 30.3 Å². The van der Waals surface area contributed by atoms with E-state index in [0.29, 0.717) is 6.04 Å². The predicted molar refractivity (Wildman–Crippen MR) is 77.7 cm³/mol. The number of hydrogen-bond donors (Lipinski definition) is 1. The zero-order valence-electron chi connectivity index (χ0n) is 10.9. The molecule has 1 heterocycles. The fourth-order valence-electron chi connectivity index (χ4n) is 2.61. The SMILES string of the molecule is Cc1ccccc1N1C[C@@H](C)Nc2ccccc21. The van der Waals surface area contributed by atoms with Crippen LogP contribution in [-0.4, -0.2) is 12.6 Å². The van der Waals surface area contributed by atoms with Crippen LogP contribution < -0.4 is 10.2 Å². The maximum Gasteiger partial charge on any atom is 0.0647 e. The summed E-state index contributed by atoms with van der Waals surface area (Å²) in [5.74, 6) is 0. The molecule has 1 aliphatic rings. The van der Waals surface area contributed by atoms with E-state index in [9.17, 15) is 0 Å². The van der Waals surface area contributed by atoms with Gasteiger partial charge in [0.25, 0.3) is 0 Å². The van der Waals surface area contributed by atoms with E-state index in [1.54, 1.807) is 0 Å². The molecule has 0 saturated heterocycles. The molecule has 0 saturated carbocycles. The zero-order chi connectivity index (χ0) is 12.5. The first kappa shape index (κ1) is 11.1. The van der Waals surface area contributed by atoms with Gasteiger partial charge in [0.1, 0.15) is 0 Å². The summed E-state index contributed by atoms with van der Waals surface area (Å²) >= 11 is 0. The van der Waals surface area contributed by atoms with Crippen molar-refractivity contribution in [3.05, 3.63) is 54.1 Å². The molecule has 18 heavy (non-hydrogen) atoms. The Hall–Kier alpha value is -1.96. The first-order valence-corrected chi connectivity index (χ1v) is 6.44. The molecule has 0 aliphatic carbocycles. The Balaban J connectivity index is 2.11. The van der Waals surface area contributed by atoms with E-state index in [2.05, 4.69) is 72.6 Å². The fraction of sp³-hybridized carbons (Fsp3) is 0.250. The van der Waals surface area contributed by atoms with E-state index in [0.717, 1.165) is 6.54 Å². The molecule has 2 aromatic rings. The van der Waals surface area contributed by atoms with Crippen molar-refractivity contribution in [2.75, 3.05) is 16.8 Å². The molecule has 2 heteroatoms.